The first-order valence-corrected chi connectivity index (χ1v) is 12.2. The van der Waals surface area contributed by atoms with E-state index in [-0.39, 0.29) is 0 Å². The van der Waals surface area contributed by atoms with Crippen molar-refractivity contribution in [2.24, 2.45) is 5.92 Å². The van der Waals surface area contributed by atoms with Crippen LogP contribution in [0.1, 0.15) is 20.3 Å². The van der Waals surface area contributed by atoms with Gasteiger partial charge in [-0.05, 0) is 17.4 Å². The molecule has 3 aromatic carbocycles. The summed E-state index contributed by atoms with van der Waals surface area (Å²) in [6, 6.07) is 10.6. The first-order chi connectivity index (χ1) is 19.0. The Morgan fingerprint density at radius 2 is 1.52 bits per heavy atom. The second-order valence-electron chi connectivity index (χ2n) is 9.17. The van der Waals surface area contributed by atoms with Gasteiger partial charge in [0.15, 0.2) is 29.8 Å². The molecule has 0 saturated heterocycles. The lowest BCUT2D eigenvalue weighted by Gasteiger charge is -2.24. The number of hydrogen-bond donors (Lipinski definition) is 3. The third-order valence-corrected chi connectivity index (χ3v) is 5.78. The minimum absolute atomic E-state index is 0.347. The van der Waals surface area contributed by atoms with E-state index in [0.717, 1.165) is 10.8 Å². The summed E-state index contributed by atoms with van der Waals surface area (Å²) < 4.78 is 51.2. The monoisotopic (exact) mass is 560 g/mol. The van der Waals surface area contributed by atoms with Crippen molar-refractivity contribution < 1.29 is 46.9 Å². The van der Waals surface area contributed by atoms with Gasteiger partial charge < -0.3 is 25.2 Å². The molecule has 0 heterocycles. The van der Waals surface area contributed by atoms with E-state index in [4.69, 9.17) is 9.47 Å². The molecule has 0 fully saturated rings. The standard InChI is InChI=1S/C28H27F3N2O7/c1-15(2)26(33-24(35)14-39-23-9-5-7-16-6-3-4-8-18(16)23)28(38)32-21(12-25(36)37)22(34)13-40-27-19(30)10-17(29)11-20(27)31/h3-11,15,21,26H,12-14H2,1-2H3,(H,32,38)(H,33,35)(H,36,37)/t21-,26-/m0/s1. The number of rotatable bonds is 13. The van der Waals surface area contributed by atoms with Gasteiger partial charge in [-0.3, -0.25) is 19.2 Å². The highest BCUT2D eigenvalue weighted by atomic mass is 19.1. The average molecular weight is 561 g/mol. The zero-order chi connectivity index (χ0) is 29.4. The molecule has 12 heteroatoms. The van der Waals surface area contributed by atoms with Gasteiger partial charge in [-0.25, -0.2) is 13.2 Å². The van der Waals surface area contributed by atoms with Crippen LogP contribution in [0, 0.1) is 23.4 Å². The van der Waals surface area contributed by atoms with Crippen molar-refractivity contribution in [3.05, 3.63) is 72.0 Å². The topological polar surface area (TPSA) is 131 Å². The fourth-order valence-electron chi connectivity index (χ4n) is 3.81. The maximum Gasteiger partial charge on any atom is 0.305 e. The zero-order valence-corrected chi connectivity index (χ0v) is 21.6. The summed E-state index contributed by atoms with van der Waals surface area (Å²) in [6.07, 6.45) is -0.870. The second-order valence-corrected chi connectivity index (χ2v) is 9.17. The van der Waals surface area contributed by atoms with Crippen molar-refractivity contribution in [2.45, 2.75) is 32.4 Å². The van der Waals surface area contributed by atoms with E-state index in [1.807, 2.05) is 30.3 Å². The number of fused-ring (bicyclic) bond motifs is 1. The Hall–Kier alpha value is -4.61. The van der Waals surface area contributed by atoms with Crippen LogP contribution in [0.25, 0.3) is 10.8 Å². The Balaban J connectivity index is 1.64. The molecule has 0 saturated carbocycles. The van der Waals surface area contributed by atoms with E-state index in [1.165, 1.54) is 0 Å². The fraction of sp³-hybridized carbons (Fsp3) is 0.286. The molecular formula is C28H27F3N2O7. The number of halogens is 3. The maximum atomic E-state index is 13.8. The number of amides is 2. The van der Waals surface area contributed by atoms with E-state index in [9.17, 15) is 37.5 Å². The molecule has 0 unspecified atom stereocenters. The van der Waals surface area contributed by atoms with Crippen molar-refractivity contribution in [1.29, 1.82) is 0 Å². The predicted molar refractivity (Wildman–Crippen MR) is 137 cm³/mol. The molecule has 0 aromatic heterocycles. The molecule has 3 rings (SSSR count). The van der Waals surface area contributed by atoms with Gasteiger partial charge in [-0.2, -0.15) is 0 Å². The first-order valence-electron chi connectivity index (χ1n) is 12.2. The summed E-state index contributed by atoms with van der Waals surface area (Å²) in [5.41, 5.74) is 0. The van der Waals surface area contributed by atoms with Gasteiger partial charge >= 0.3 is 5.97 Å². The van der Waals surface area contributed by atoms with Crippen LogP contribution in [0.15, 0.2) is 54.6 Å². The van der Waals surface area contributed by atoms with Gasteiger partial charge in [0.05, 0.1) is 6.42 Å². The Kier molecular flexibility index (Phi) is 10.1. The molecule has 9 nitrogen and oxygen atoms in total. The van der Waals surface area contributed by atoms with E-state index < -0.39 is 84.4 Å². The number of hydrogen-bond acceptors (Lipinski definition) is 6. The van der Waals surface area contributed by atoms with E-state index in [1.54, 1.807) is 26.0 Å². The summed E-state index contributed by atoms with van der Waals surface area (Å²) in [5.74, 6) is -9.06. The van der Waals surface area contributed by atoms with Crippen LogP contribution < -0.4 is 20.1 Å². The number of nitrogens with one attached hydrogen (secondary N) is 2. The lowest BCUT2D eigenvalue weighted by Crippen LogP contribution is -2.55. The Labute approximate surface area is 227 Å². The maximum absolute atomic E-state index is 13.8. The summed E-state index contributed by atoms with van der Waals surface area (Å²) in [6.45, 7) is 1.79. The van der Waals surface area contributed by atoms with Gasteiger partial charge in [0.2, 0.25) is 5.91 Å². The SMILES string of the molecule is CC(C)[C@H](NC(=O)COc1cccc2ccccc12)C(=O)N[C@@H](CC(=O)O)C(=O)COc1c(F)cc(F)cc1F. The van der Waals surface area contributed by atoms with Crippen molar-refractivity contribution in [3.8, 4) is 11.5 Å². The molecule has 2 atom stereocenters. The van der Waals surface area contributed by atoms with Crippen LogP contribution in [-0.4, -0.2) is 54.0 Å². The zero-order valence-electron chi connectivity index (χ0n) is 21.6. The quantitative estimate of drug-likeness (QED) is 0.292. The van der Waals surface area contributed by atoms with E-state index in [0.29, 0.717) is 17.9 Å². The van der Waals surface area contributed by atoms with Crippen LogP contribution in [0.4, 0.5) is 13.2 Å². The van der Waals surface area contributed by atoms with Crippen molar-refractivity contribution in [3.63, 3.8) is 0 Å². The Bertz CT molecular complexity index is 1390. The van der Waals surface area contributed by atoms with Crippen molar-refractivity contribution in [1.82, 2.24) is 10.6 Å². The summed E-state index contributed by atoms with van der Waals surface area (Å²) >= 11 is 0. The average Bonchev–Trinajstić information content (AvgIpc) is 2.88. The molecule has 212 valence electrons. The van der Waals surface area contributed by atoms with Crippen molar-refractivity contribution >= 4 is 34.3 Å². The Morgan fingerprint density at radius 1 is 0.875 bits per heavy atom. The number of benzene rings is 3. The number of ketones is 1. The minimum atomic E-state index is -1.65. The number of carbonyl (C=O) groups is 4. The van der Waals surface area contributed by atoms with Crippen LogP contribution in [0.2, 0.25) is 0 Å². The van der Waals surface area contributed by atoms with Crippen LogP contribution in [0.3, 0.4) is 0 Å². The number of aliphatic carboxylic acids is 1. The molecule has 40 heavy (non-hydrogen) atoms. The largest absolute Gasteiger partial charge is 0.483 e. The van der Waals surface area contributed by atoms with Crippen molar-refractivity contribution in [2.75, 3.05) is 13.2 Å². The molecule has 0 bridgehead atoms. The van der Waals surface area contributed by atoms with Gasteiger partial charge in [0.25, 0.3) is 5.91 Å². The third-order valence-electron chi connectivity index (χ3n) is 5.78. The molecule has 0 aliphatic carbocycles. The highest BCUT2D eigenvalue weighted by molar-refractivity contribution is 5.95. The summed E-state index contributed by atoms with van der Waals surface area (Å²) in [4.78, 5) is 49.5. The normalized spacial score (nSPS) is 12.4. The fourth-order valence-corrected chi connectivity index (χ4v) is 3.81. The number of carboxylic acids is 1. The third kappa shape index (κ3) is 7.95. The smallest absolute Gasteiger partial charge is 0.305 e. The molecule has 0 aliphatic rings. The molecule has 0 spiro atoms. The Morgan fingerprint density at radius 3 is 2.17 bits per heavy atom. The molecule has 2 amide bonds. The lowest BCUT2D eigenvalue weighted by atomic mass is 10.0. The van der Waals surface area contributed by atoms with Gasteiger partial charge in [0, 0.05) is 17.5 Å². The minimum Gasteiger partial charge on any atom is -0.483 e. The first kappa shape index (κ1) is 29.9. The number of carbonyl (C=O) groups excluding carboxylic acids is 3. The van der Waals surface area contributed by atoms with Crippen LogP contribution in [-0.2, 0) is 19.2 Å². The van der Waals surface area contributed by atoms with Crippen LogP contribution in [0.5, 0.6) is 11.5 Å². The van der Waals surface area contributed by atoms with Gasteiger partial charge in [-0.1, -0.05) is 50.2 Å². The summed E-state index contributed by atoms with van der Waals surface area (Å²) in [7, 11) is 0. The second kappa shape index (κ2) is 13.5. The van der Waals surface area contributed by atoms with Gasteiger partial charge in [-0.15, -0.1) is 0 Å². The van der Waals surface area contributed by atoms with E-state index >= 15 is 0 Å². The lowest BCUT2D eigenvalue weighted by molar-refractivity contribution is -0.141. The highest BCUT2D eigenvalue weighted by Crippen LogP contribution is 2.25. The van der Waals surface area contributed by atoms with Crippen LogP contribution >= 0.6 is 0 Å². The summed E-state index contributed by atoms with van der Waals surface area (Å²) in [5, 5.41) is 15.7. The van der Waals surface area contributed by atoms with Gasteiger partial charge in [0.1, 0.15) is 30.3 Å². The number of Topliss-reactive ketones (excluding diaryl/α,β-unsaturated/α-hetero) is 1. The number of carboxylic acid groups (broad SMARTS) is 1. The molecule has 3 aromatic rings. The van der Waals surface area contributed by atoms with E-state index in [2.05, 4.69) is 10.6 Å². The number of ether oxygens (including phenoxy) is 2. The molecule has 3 N–H and O–H groups in total. The predicted octanol–water partition coefficient (Wildman–Crippen LogP) is 3.38. The highest BCUT2D eigenvalue weighted by Gasteiger charge is 2.30. The molecule has 0 radical (unpaired) electrons. The molecular weight excluding hydrogens is 533 g/mol. The molecule has 0 aliphatic heterocycles.